The van der Waals surface area contributed by atoms with Gasteiger partial charge in [0.1, 0.15) is 29.8 Å². The number of carbonyl (C=O) groups excluding carboxylic acids is 4. The summed E-state index contributed by atoms with van der Waals surface area (Å²) in [7, 11) is 1.71. The van der Waals surface area contributed by atoms with E-state index < -0.39 is 47.7 Å². The van der Waals surface area contributed by atoms with E-state index in [0.29, 0.717) is 17.4 Å². The molecule has 4 aliphatic rings. The van der Waals surface area contributed by atoms with Crippen molar-refractivity contribution in [3.05, 3.63) is 58.6 Å². The first kappa shape index (κ1) is 33.3. The second-order valence-corrected chi connectivity index (χ2v) is 13.5. The Bertz CT molecular complexity index is 1350. The van der Waals surface area contributed by atoms with Gasteiger partial charge in [-0.1, -0.05) is 71.8 Å². The normalized spacial score (nSPS) is 33.7. The third-order valence-electron chi connectivity index (χ3n) is 9.82. The standard InChI is InChI=1S/C34H44BrN3O7/c1-5-13-21(2)37-17-11-7-10-16-25(40)36(4)22(3)28(23-14-8-6-9-15-23)44-33(43)26-27-31(41)38(18-12-19-39)30(32(37)42)34(27)20-24(35)29(26)45-34/h6-9,11,14-15,20-22,26-30,39H,5,10,12-13,16-19H2,1-4H3/b11-7-/t21?,22-,26+,27-,28+,29+,30+,34-/m1/s1. The lowest BCUT2D eigenvalue weighted by atomic mass is 9.74. The van der Waals surface area contributed by atoms with Gasteiger partial charge in [0, 0.05) is 43.7 Å². The molecule has 4 heterocycles. The van der Waals surface area contributed by atoms with Gasteiger partial charge in [-0.3, -0.25) is 19.2 Å². The topological polar surface area (TPSA) is 117 Å². The number of ether oxygens (including phenoxy) is 2. The number of cyclic esters (lactones) is 1. The minimum Gasteiger partial charge on any atom is -0.455 e. The Hall–Kier alpha value is -3.02. The summed E-state index contributed by atoms with van der Waals surface area (Å²) in [4.78, 5) is 61.4. The average Bonchev–Trinajstić information content (AvgIpc) is 3.62. The monoisotopic (exact) mass is 685 g/mol. The number of likely N-dealkylation sites (tertiary alicyclic amines) is 1. The zero-order valence-electron chi connectivity index (χ0n) is 26.4. The highest BCUT2D eigenvalue weighted by molar-refractivity contribution is 9.11. The minimum absolute atomic E-state index is 0.0950. The van der Waals surface area contributed by atoms with Gasteiger partial charge in [-0.25, -0.2) is 0 Å². The molecule has 0 radical (unpaired) electrons. The molecule has 1 spiro atoms. The van der Waals surface area contributed by atoms with Crippen LogP contribution >= 0.6 is 15.9 Å². The average molecular weight is 687 g/mol. The van der Waals surface area contributed by atoms with E-state index in [4.69, 9.17) is 9.47 Å². The maximum Gasteiger partial charge on any atom is 0.313 e. The first-order valence-corrected chi connectivity index (χ1v) is 16.8. The molecule has 2 fully saturated rings. The fourth-order valence-corrected chi connectivity index (χ4v) is 8.11. The molecule has 2 saturated heterocycles. The Balaban J connectivity index is 1.62. The number of carbonyl (C=O) groups is 4. The Morgan fingerprint density at radius 2 is 1.82 bits per heavy atom. The fraction of sp³-hybridized carbons (Fsp3) is 0.588. The Kier molecular flexibility index (Phi) is 10.2. The van der Waals surface area contributed by atoms with Gasteiger partial charge in [0.25, 0.3) is 0 Å². The van der Waals surface area contributed by atoms with Gasteiger partial charge >= 0.3 is 5.97 Å². The van der Waals surface area contributed by atoms with Crippen LogP contribution in [0.4, 0.5) is 0 Å². The number of fused-ring (bicyclic) bond motifs is 2. The number of aliphatic hydroxyl groups excluding tert-OH is 1. The number of allylic oxidation sites excluding steroid dienone is 1. The minimum atomic E-state index is -1.38. The van der Waals surface area contributed by atoms with Crippen LogP contribution < -0.4 is 0 Å². The van der Waals surface area contributed by atoms with Gasteiger partial charge in [-0.05, 0) is 44.7 Å². The summed E-state index contributed by atoms with van der Waals surface area (Å²) in [5.41, 5.74) is -0.653. The number of aliphatic hydroxyl groups is 1. The number of benzene rings is 1. The maximum atomic E-state index is 14.7. The molecule has 1 N–H and O–H groups in total. The molecular formula is C34H44BrN3O7. The van der Waals surface area contributed by atoms with Gasteiger partial charge in [0.15, 0.2) is 0 Å². The Morgan fingerprint density at radius 1 is 1.09 bits per heavy atom. The van der Waals surface area contributed by atoms with Gasteiger partial charge in [-0.15, -0.1) is 0 Å². The predicted molar refractivity (Wildman–Crippen MR) is 171 cm³/mol. The van der Waals surface area contributed by atoms with Crippen molar-refractivity contribution in [1.82, 2.24) is 14.7 Å². The molecule has 244 valence electrons. The van der Waals surface area contributed by atoms with E-state index in [1.165, 1.54) is 4.90 Å². The third-order valence-corrected chi connectivity index (χ3v) is 10.5. The van der Waals surface area contributed by atoms with Crippen molar-refractivity contribution in [2.75, 3.05) is 26.7 Å². The number of amides is 3. The van der Waals surface area contributed by atoms with Crippen molar-refractivity contribution < 1.29 is 33.8 Å². The highest BCUT2D eigenvalue weighted by Crippen LogP contribution is 2.59. The lowest BCUT2D eigenvalue weighted by Gasteiger charge is -2.38. The Labute approximate surface area is 273 Å². The maximum absolute atomic E-state index is 14.7. The van der Waals surface area contributed by atoms with Crippen LogP contribution in [0, 0.1) is 11.8 Å². The van der Waals surface area contributed by atoms with Crippen LogP contribution in [-0.2, 0) is 28.7 Å². The van der Waals surface area contributed by atoms with Crippen molar-refractivity contribution in [1.29, 1.82) is 0 Å². The number of nitrogens with zero attached hydrogens (tertiary/aromatic N) is 3. The molecule has 3 amide bonds. The zero-order valence-corrected chi connectivity index (χ0v) is 28.0. The molecule has 1 aromatic carbocycles. The number of hydrogen-bond donors (Lipinski definition) is 1. The van der Waals surface area contributed by atoms with Crippen LogP contribution in [0.15, 0.2) is 53.0 Å². The molecule has 4 aliphatic heterocycles. The van der Waals surface area contributed by atoms with E-state index in [0.717, 1.165) is 18.4 Å². The van der Waals surface area contributed by atoms with Gasteiger partial charge in [0.2, 0.25) is 17.7 Å². The van der Waals surface area contributed by atoms with E-state index in [9.17, 15) is 24.3 Å². The van der Waals surface area contributed by atoms with Crippen LogP contribution in [0.2, 0.25) is 0 Å². The molecule has 10 nitrogen and oxygen atoms in total. The summed E-state index contributed by atoms with van der Waals surface area (Å²) < 4.78 is 13.5. The smallest absolute Gasteiger partial charge is 0.313 e. The summed E-state index contributed by atoms with van der Waals surface area (Å²) in [6.45, 7) is 6.19. The third kappa shape index (κ3) is 5.99. The van der Waals surface area contributed by atoms with E-state index in [-0.39, 0.29) is 49.8 Å². The van der Waals surface area contributed by atoms with E-state index in [2.05, 4.69) is 22.9 Å². The highest BCUT2D eigenvalue weighted by atomic mass is 79.9. The summed E-state index contributed by atoms with van der Waals surface area (Å²) in [6.07, 6.45) is 6.65. The molecular weight excluding hydrogens is 642 g/mol. The van der Waals surface area contributed by atoms with Gasteiger partial charge < -0.3 is 29.3 Å². The second kappa shape index (κ2) is 13.8. The van der Waals surface area contributed by atoms with Crippen molar-refractivity contribution in [3.8, 4) is 0 Å². The molecule has 5 bridgehead atoms. The predicted octanol–water partition coefficient (Wildman–Crippen LogP) is 3.74. The zero-order chi connectivity index (χ0) is 32.5. The SMILES string of the molecule is CCCC(C)N1C/C=C\CCC(=O)N(C)[C@H](C)[C@@H](c2ccccc2)OC(=O)[C@@H]2[C@H]3O[C@@]4(C=C3Br)[C@H](C1=O)N(CCCO)C(=O)[C@@H]24. The summed E-state index contributed by atoms with van der Waals surface area (Å²) in [5.74, 6) is -3.34. The molecule has 0 aliphatic carbocycles. The quantitative estimate of drug-likeness (QED) is 0.343. The molecule has 1 unspecified atom stereocenters. The number of halogens is 1. The van der Waals surface area contributed by atoms with E-state index >= 15 is 0 Å². The summed E-state index contributed by atoms with van der Waals surface area (Å²) in [6, 6.07) is 7.61. The molecule has 0 saturated carbocycles. The molecule has 1 aromatic rings. The number of likely N-dealkylation sites (N-methyl/N-ethyl adjacent to an activating group) is 1. The Morgan fingerprint density at radius 3 is 2.51 bits per heavy atom. The van der Waals surface area contributed by atoms with Crippen molar-refractivity contribution in [3.63, 3.8) is 0 Å². The molecule has 11 heteroatoms. The highest BCUT2D eigenvalue weighted by Gasteiger charge is 2.75. The fourth-order valence-electron chi connectivity index (χ4n) is 7.38. The molecule has 5 rings (SSSR count). The number of esters is 1. The molecule has 8 atom stereocenters. The lowest BCUT2D eigenvalue weighted by Crippen LogP contribution is -2.57. The summed E-state index contributed by atoms with van der Waals surface area (Å²) in [5, 5.41) is 9.70. The van der Waals surface area contributed by atoms with Crippen LogP contribution in [0.3, 0.4) is 0 Å². The first-order chi connectivity index (χ1) is 21.6. The second-order valence-electron chi connectivity index (χ2n) is 12.6. The van der Waals surface area contributed by atoms with Crippen LogP contribution in [0.25, 0.3) is 0 Å². The molecule has 45 heavy (non-hydrogen) atoms. The van der Waals surface area contributed by atoms with Gasteiger partial charge in [0.05, 0.1) is 12.0 Å². The van der Waals surface area contributed by atoms with Crippen LogP contribution in [0.1, 0.15) is 64.5 Å². The van der Waals surface area contributed by atoms with Crippen molar-refractivity contribution >= 4 is 39.6 Å². The van der Waals surface area contributed by atoms with Crippen LogP contribution in [0.5, 0.6) is 0 Å². The van der Waals surface area contributed by atoms with Crippen molar-refractivity contribution in [2.45, 2.75) is 88.8 Å². The van der Waals surface area contributed by atoms with Crippen LogP contribution in [-0.4, -0.2) is 100 Å². The number of rotatable bonds is 7. The largest absolute Gasteiger partial charge is 0.455 e. The van der Waals surface area contributed by atoms with Gasteiger partial charge in [-0.2, -0.15) is 0 Å². The number of hydrogen-bond acceptors (Lipinski definition) is 7. The van der Waals surface area contributed by atoms with Crippen molar-refractivity contribution in [2.24, 2.45) is 11.8 Å². The first-order valence-electron chi connectivity index (χ1n) is 16.0. The van der Waals surface area contributed by atoms with E-state index in [1.54, 1.807) is 22.9 Å². The molecule has 0 aromatic heterocycles. The van der Waals surface area contributed by atoms with E-state index in [1.807, 2.05) is 56.3 Å². The lowest BCUT2D eigenvalue weighted by molar-refractivity contribution is -0.164. The summed E-state index contributed by atoms with van der Waals surface area (Å²) >= 11 is 3.60.